The monoisotopic (exact) mass is 848 g/mol. The van der Waals surface area contributed by atoms with Gasteiger partial charge in [0.05, 0.1) is 40.0 Å². The number of phosphoric acid groups is 1. The molecule has 1 fully saturated rings. The van der Waals surface area contributed by atoms with Crippen LogP contribution in [0, 0.1) is 0 Å². The molecule has 0 aromatic heterocycles. The zero-order valence-electron chi connectivity index (χ0n) is 37.6. The van der Waals surface area contributed by atoms with Crippen LogP contribution in [0.15, 0.2) is 72.9 Å². The van der Waals surface area contributed by atoms with E-state index in [0.29, 0.717) is 36.1 Å². The van der Waals surface area contributed by atoms with Gasteiger partial charge in [0.15, 0.2) is 6.10 Å². The Labute approximate surface area is 359 Å². The lowest BCUT2D eigenvalue weighted by Crippen LogP contribution is -2.37. The van der Waals surface area contributed by atoms with Crippen molar-refractivity contribution in [2.24, 2.45) is 0 Å². The molecule has 0 radical (unpaired) electrons. The minimum Gasteiger partial charge on any atom is -0.756 e. The molecule has 0 aromatic rings. The highest BCUT2D eigenvalue weighted by molar-refractivity contribution is 7.45. The summed E-state index contributed by atoms with van der Waals surface area (Å²) in [7, 11) is 1.11. The molecule has 1 rings (SSSR count). The van der Waals surface area contributed by atoms with Crippen LogP contribution in [0.1, 0.15) is 155 Å². The van der Waals surface area contributed by atoms with E-state index in [4.69, 9.17) is 23.3 Å². The summed E-state index contributed by atoms with van der Waals surface area (Å²) in [6, 6.07) is 0. The van der Waals surface area contributed by atoms with Crippen molar-refractivity contribution in [3.05, 3.63) is 72.9 Å². The van der Waals surface area contributed by atoms with Gasteiger partial charge >= 0.3 is 11.9 Å². The van der Waals surface area contributed by atoms with Gasteiger partial charge in [-0.25, -0.2) is 0 Å². The number of unbranched alkanes of at least 4 members (excludes halogenated alkanes) is 11. The molecule has 1 saturated heterocycles. The van der Waals surface area contributed by atoms with Crippen LogP contribution in [0.4, 0.5) is 0 Å². The maximum Gasteiger partial charge on any atom is 0.306 e. The number of carbonyl (C=O) groups is 2. The average Bonchev–Trinajstić information content (AvgIpc) is 3.94. The van der Waals surface area contributed by atoms with Crippen LogP contribution in [0.3, 0.4) is 0 Å². The molecule has 0 bridgehead atoms. The Kier molecular flexibility index (Phi) is 33.3. The number of epoxide rings is 1. The predicted molar refractivity (Wildman–Crippen MR) is 240 cm³/mol. The minimum absolute atomic E-state index is 0.0480. The SMILES string of the molecule is CC/C=C\CC1OC1C/C=C\C/C=C\C/C=C\C/C=C\CCC(=O)OC[C@H](COP(=O)([O-])OCC[N+](C)(C)C)OC(=O)CCCCCCCCC/C=C\CCCCCC. The van der Waals surface area contributed by atoms with E-state index in [-0.39, 0.29) is 26.1 Å². The largest absolute Gasteiger partial charge is 0.756 e. The quantitative estimate of drug-likeness (QED) is 0.0148. The first-order valence-corrected chi connectivity index (χ1v) is 24.2. The van der Waals surface area contributed by atoms with Crippen LogP contribution < -0.4 is 4.89 Å². The molecule has 4 atom stereocenters. The summed E-state index contributed by atoms with van der Waals surface area (Å²) in [6.45, 7) is 3.99. The molecule has 1 aliphatic rings. The fraction of sp³-hybridized carbons (Fsp3) is 0.708. The third-order valence-corrected chi connectivity index (χ3v) is 10.6. The first-order valence-electron chi connectivity index (χ1n) is 22.8. The van der Waals surface area contributed by atoms with Gasteiger partial charge in [0.2, 0.25) is 0 Å². The fourth-order valence-electron chi connectivity index (χ4n) is 5.95. The Bertz CT molecular complexity index is 1300. The molecule has 3 unspecified atom stereocenters. The van der Waals surface area contributed by atoms with Crippen LogP contribution in [0.2, 0.25) is 0 Å². The van der Waals surface area contributed by atoms with Crippen LogP contribution >= 0.6 is 7.82 Å². The molecule has 59 heavy (non-hydrogen) atoms. The maximum absolute atomic E-state index is 12.7. The van der Waals surface area contributed by atoms with Gasteiger partial charge in [-0.3, -0.25) is 14.2 Å². The molecule has 338 valence electrons. The zero-order chi connectivity index (χ0) is 43.3. The molecular weight excluding hydrogens is 765 g/mol. The summed E-state index contributed by atoms with van der Waals surface area (Å²) in [5.41, 5.74) is 0. The smallest absolute Gasteiger partial charge is 0.306 e. The number of hydrogen-bond acceptors (Lipinski definition) is 9. The van der Waals surface area contributed by atoms with Crippen molar-refractivity contribution in [3.63, 3.8) is 0 Å². The number of likely N-dealkylation sites (N-methyl/N-ethyl adjacent to an activating group) is 1. The minimum atomic E-state index is -4.65. The van der Waals surface area contributed by atoms with E-state index in [2.05, 4.69) is 74.6 Å². The number of ether oxygens (including phenoxy) is 3. The number of carbonyl (C=O) groups excluding carboxylic acids is 2. The maximum atomic E-state index is 12.7. The van der Waals surface area contributed by atoms with E-state index < -0.39 is 32.5 Å². The van der Waals surface area contributed by atoms with E-state index in [9.17, 15) is 19.0 Å². The second-order valence-electron chi connectivity index (χ2n) is 16.4. The predicted octanol–water partition coefficient (Wildman–Crippen LogP) is 11.4. The normalized spacial score (nSPS) is 17.7. The number of quaternary nitrogens is 1. The van der Waals surface area contributed by atoms with Gasteiger partial charge in [-0.1, -0.05) is 138 Å². The topological polar surface area (TPSA) is 124 Å². The lowest BCUT2D eigenvalue weighted by molar-refractivity contribution is -0.870. The average molecular weight is 848 g/mol. The number of hydrogen-bond donors (Lipinski definition) is 0. The zero-order valence-corrected chi connectivity index (χ0v) is 38.5. The highest BCUT2D eigenvalue weighted by Gasteiger charge is 2.36. The summed E-state index contributed by atoms with van der Waals surface area (Å²) in [6.07, 6.45) is 46.9. The highest BCUT2D eigenvalue weighted by atomic mass is 31.2. The van der Waals surface area contributed by atoms with E-state index in [1.807, 2.05) is 33.3 Å². The van der Waals surface area contributed by atoms with E-state index in [1.165, 1.54) is 51.4 Å². The Hall–Kier alpha value is -2.59. The van der Waals surface area contributed by atoms with Gasteiger partial charge in [-0.2, -0.15) is 0 Å². The van der Waals surface area contributed by atoms with Crippen molar-refractivity contribution >= 4 is 19.8 Å². The molecule has 11 heteroatoms. The molecule has 0 amide bonds. The fourth-order valence-corrected chi connectivity index (χ4v) is 6.68. The van der Waals surface area contributed by atoms with Crippen LogP contribution in [0.25, 0.3) is 0 Å². The Balaban J connectivity index is 2.32. The number of nitrogens with zero attached hydrogens (tertiary/aromatic N) is 1. The van der Waals surface area contributed by atoms with Gasteiger partial charge in [0.1, 0.15) is 19.8 Å². The highest BCUT2D eigenvalue weighted by Crippen LogP contribution is 2.38. The first-order chi connectivity index (χ1) is 28.5. The molecule has 0 aliphatic carbocycles. The molecule has 1 aliphatic heterocycles. The first kappa shape index (κ1) is 54.4. The standard InChI is InChI=1S/C48H82NO9P/c1-6-8-10-11-12-13-14-15-16-17-22-25-28-31-35-39-48(51)57-44(43-56-59(52,53)55-41-40-49(3,4)5)42-54-47(50)38-34-30-27-24-21-19-18-20-23-26-29-33-37-46-45(58-46)36-32-9-7-2/h9,13-14,19-21,23,27,29-30,32-33,44-46H,6-8,10-12,15-18,22,24-26,28,31,34-43H2,1-5H3/b14-13-,21-19-,23-20-,30-27-,32-9-,33-29-/t44-,45?,46?/m1/s1. The summed E-state index contributed by atoms with van der Waals surface area (Å²) in [5.74, 6) is -0.947. The van der Waals surface area contributed by atoms with E-state index in [1.54, 1.807) is 0 Å². The van der Waals surface area contributed by atoms with Crippen molar-refractivity contribution in [1.82, 2.24) is 0 Å². The molecule has 0 N–H and O–H groups in total. The lowest BCUT2D eigenvalue weighted by atomic mass is 10.1. The van der Waals surface area contributed by atoms with Crippen molar-refractivity contribution < 1.29 is 46.8 Å². The van der Waals surface area contributed by atoms with Crippen LogP contribution in [-0.2, 0) is 37.4 Å². The van der Waals surface area contributed by atoms with E-state index in [0.717, 1.165) is 64.2 Å². The Morgan fingerprint density at radius 2 is 1.15 bits per heavy atom. The van der Waals surface area contributed by atoms with Crippen molar-refractivity contribution in [3.8, 4) is 0 Å². The van der Waals surface area contributed by atoms with Gasteiger partial charge in [0, 0.05) is 12.8 Å². The molecule has 0 spiro atoms. The van der Waals surface area contributed by atoms with Gasteiger partial charge in [0.25, 0.3) is 7.82 Å². The number of allylic oxidation sites excluding steroid dienone is 10. The summed E-state index contributed by atoms with van der Waals surface area (Å²) in [4.78, 5) is 37.5. The Morgan fingerprint density at radius 1 is 0.627 bits per heavy atom. The van der Waals surface area contributed by atoms with Crippen LogP contribution in [0.5, 0.6) is 0 Å². The molecule has 0 aromatic carbocycles. The lowest BCUT2D eigenvalue weighted by Gasteiger charge is -2.28. The van der Waals surface area contributed by atoms with Gasteiger partial charge < -0.3 is 32.6 Å². The third-order valence-electron chi connectivity index (χ3n) is 9.63. The third kappa shape index (κ3) is 36.9. The second kappa shape index (κ2) is 36.1. The summed E-state index contributed by atoms with van der Waals surface area (Å²) < 4.78 is 39.5. The number of esters is 2. The van der Waals surface area contributed by atoms with Crippen molar-refractivity contribution in [2.75, 3.05) is 47.5 Å². The summed E-state index contributed by atoms with van der Waals surface area (Å²) >= 11 is 0. The molecular formula is C48H82NO9P. The Morgan fingerprint density at radius 3 is 1.75 bits per heavy atom. The van der Waals surface area contributed by atoms with Crippen LogP contribution in [-0.4, -0.2) is 82.2 Å². The van der Waals surface area contributed by atoms with Crippen molar-refractivity contribution in [2.45, 2.75) is 173 Å². The van der Waals surface area contributed by atoms with E-state index >= 15 is 0 Å². The second-order valence-corrected chi connectivity index (χ2v) is 17.8. The molecule has 0 saturated carbocycles. The van der Waals surface area contributed by atoms with Gasteiger partial charge in [-0.05, 0) is 77.0 Å². The number of rotatable bonds is 39. The summed E-state index contributed by atoms with van der Waals surface area (Å²) in [5, 5.41) is 0. The number of phosphoric ester groups is 1. The van der Waals surface area contributed by atoms with Gasteiger partial charge in [-0.15, -0.1) is 0 Å². The molecule has 10 nitrogen and oxygen atoms in total. The molecule has 1 heterocycles. The van der Waals surface area contributed by atoms with Crippen molar-refractivity contribution in [1.29, 1.82) is 0 Å².